The Hall–Kier alpha value is -2.30. The first-order valence-corrected chi connectivity index (χ1v) is 6.98. The number of amides is 1. The second kappa shape index (κ2) is 5.48. The van der Waals surface area contributed by atoms with Gasteiger partial charge in [0.05, 0.1) is 5.56 Å². The fraction of sp³-hybridized carbons (Fsp3) is 0.235. The molecule has 0 aromatic heterocycles. The van der Waals surface area contributed by atoms with Crippen molar-refractivity contribution in [2.24, 2.45) is 0 Å². The summed E-state index contributed by atoms with van der Waals surface area (Å²) in [7, 11) is 0. The molecule has 0 saturated carbocycles. The third-order valence-electron chi connectivity index (χ3n) is 3.84. The maximum Gasteiger partial charge on any atom is 0.416 e. The molecular formula is C17H14F3NO. The van der Waals surface area contributed by atoms with Crippen molar-refractivity contribution in [1.29, 1.82) is 0 Å². The number of carbonyl (C=O) groups excluding carboxylic acids is 1. The second-order valence-electron chi connectivity index (χ2n) is 5.43. The van der Waals surface area contributed by atoms with Crippen LogP contribution in [0.1, 0.15) is 27.0 Å². The van der Waals surface area contributed by atoms with Gasteiger partial charge >= 0.3 is 6.18 Å². The summed E-state index contributed by atoms with van der Waals surface area (Å²) >= 11 is 0. The van der Waals surface area contributed by atoms with E-state index in [2.05, 4.69) is 5.32 Å². The molecule has 1 aliphatic carbocycles. The fourth-order valence-electron chi connectivity index (χ4n) is 2.77. The zero-order valence-electron chi connectivity index (χ0n) is 11.7. The Bertz CT molecular complexity index is 684. The van der Waals surface area contributed by atoms with Crippen LogP contribution in [0.2, 0.25) is 0 Å². The predicted molar refractivity (Wildman–Crippen MR) is 76.5 cm³/mol. The van der Waals surface area contributed by atoms with Crippen LogP contribution in [0, 0.1) is 0 Å². The van der Waals surface area contributed by atoms with E-state index in [1.165, 1.54) is 23.3 Å². The molecule has 22 heavy (non-hydrogen) atoms. The van der Waals surface area contributed by atoms with Gasteiger partial charge in [-0.1, -0.05) is 30.3 Å². The average Bonchev–Trinajstić information content (AvgIpc) is 2.88. The summed E-state index contributed by atoms with van der Waals surface area (Å²) in [6.07, 6.45) is -3.03. The van der Waals surface area contributed by atoms with Crippen LogP contribution in [0.15, 0.2) is 48.5 Å². The Morgan fingerprint density at radius 1 is 1.00 bits per heavy atom. The molecule has 0 fully saturated rings. The maximum atomic E-state index is 12.7. The molecule has 0 radical (unpaired) electrons. The van der Waals surface area contributed by atoms with E-state index in [9.17, 15) is 18.0 Å². The summed E-state index contributed by atoms with van der Waals surface area (Å²) in [6.45, 7) is 0. The number of benzene rings is 2. The molecule has 0 bridgehead atoms. The first-order valence-electron chi connectivity index (χ1n) is 6.98. The Morgan fingerprint density at radius 3 is 2.23 bits per heavy atom. The molecule has 2 nitrogen and oxygen atoms in total. The number of fused-ring (bicyclic) bond motifs is 1. The van der Waals surface area contributed by atoms with Crippen molar-refractivity contribution in [3.8, 4) is 0 Å². The first-order chi connectivity index (χ1) is 10.4. The molecule has 0 saturated heterocycles. The van der Waals surface area contributed by atoms with Crippen molar-refractivity contribution in [3.63, 3.8) is 0 Å². The minimum Gasteiger partial charge on any atom is -0.349 e. The van der Waals surface area contributed by atoms with Gasteiger partial charge in [-0.2, -0.15) is 13.2 Å². The predicted octanol–water partition coefficient (Wildman–Crippen LogP) is 3.60. The van der Waals surface area contributed by atoms with Crippen LogP contribution in [-0.4, -0.2) is 11.9 Å². The quantitative estimate of drug-likeness (QED) is 0.902. The Kier molecular flexibility index (Phi) is 3.64. The number of carbonyl (C=O) groups is 1. The molecule has 0 heterocycles. The molecule has 1 amide bonds. The third kappa shape index (κ3) is 2.98. The molecule has 3 rings (SSSR count). The lowest BCUT2D eigenvalue weighted by Crippen LogP contribution is -2.35. The van der Waals surface area contributed by atoms with Gasteiger partial charge in [-0.3, -0.25) is 4.79 Å². The molecule has 1 aliphatic rings. The smallest absolute Gasteiger partial charge is 0.349 e. The number of alkyl halides is 3. The van der Waals surface area contributed by atoms with Crippen LogP contribution in [0.4, 0.5) is 13.2 Å². The minimum atomic E-state index is -4.44. The summed E-state index contributed by atoms with van der Waals surface area (Å²) in [5.41, 5.74) is 1.58. The van der Waals surface area contributed by atoms with Crippen molar-refractivity contribution < 1.29 is 18.0 Å². The maximum absolute atomic E-state index is 12.7. The molecule has 0 unspecified atom stereocenters. The molecule has 0 aliphatic heterocycles. The van der Waals surface area contributed by atoms with Crippen molar-refractivity contribution in [2.45, 2.75) is 25.1 Å². The Morgan fingerprint density at radius 2 is 1.64 bits per heavy atom. The number of nitrogens with one attached hydrogen (secondary N) is 1. The van der Waals surface area contributed by atoms with Crippen molar-refractivity contribution in [2.75, 3.05) is 0 Å². The van der Waals surface area contributed by atoms with Gasteiger partial charge in [-0.25, -0.2) is 0 Å². The van der Waals surface area contributed by atoms with Gasteiger partial charge in [-0.15, -0.1) is 0 Å². The van der Waals surface area contributed by atoms with E-state index in [0.29, 0.717) is 12.8 Å². The highest BCUT2D eigenvalue weighted by Crippen LogP contribution is 2.29. The van der Waals surface area contributed by atoms with Gasteiger partial charge in [-0.05, 0) is 42.2 Å². The number of hydrogen-bond donors (Lipinski definition) is 1. The van der Waals surface area contributed by atoms with Crippen molar-refractivity contribution in [1.82, 2.24) is 5.32 Å². The molecule has 0 atom stereocenters. The topological polar surface area (TPSA) is 29.1 Å². The highest BCUT2D eigenvalue weighted by atomic mass is 19.4. The van der Waals surface area contributed by atoms with E-state index in [0.717, 1.165) is 12.1 Å². The zero-order valence-corrected chi connectivity index (χ0v) is 11.7. The molecular weight excluding hydrogens is 291 g/mol. The summed E-state index contributed by atoms with van der Waals surface area (Å²) in [5.74, 6) is -0.469. The number of rotatable bonds is 2. The SMILES string of the molecule is O=C(NC1Cc2ccccc2C1)c1cccc(C(F)(F)F)c1. The lowest BCUT2D eigenvalue weighted by Gasteiger charge is -2.13. The summed E-state index contributed by atoms with van der Waals surface area (Å²) in [4.78, 5) is 12.2. The van der Waals surface area contributed by atoms with Gasteiger partial charge in [0.25, 0.3) is 5.91 Å². The molecule has 5 heteroatoms. The van der Waals surface area contributed by atoms with Gasteiger partial charge in [0, 0.05) is 11.6 Å². The van der Waals surface area contributed by atoms with Gasteiger partial charge in [0.15, 0.2) is 0 Å². The van der Waals surface area contributed by atoms with Gasteiger partial charge in [0.1, 0.15) is 0 Å². The summed E-state index contributed by atoms with van der Waals surface area (Å²) in [5, 5.41) is 2.81. The summed E-state index contributed by atoms with van der Waals surface area (Å²) < 4.78 is 38.1. The van der Waals surface area contributed by atoms with Crippen LogP contribution in [0.5, 0.6) is 0 Å². The van der Waals surface area contributed by atoms with E-state index < -0.39 is 17.6 Å². The van der Waals surface area contributed by atoms with Gasteiger partial charge in [0.2, 0.25) is 0 Å². The van der Waals surface area contributed by atoms with E-state index in [4.69, 9.17) is 0 Å². The third-order valence-corrected chi connectivity index (χ3v) is 3.84. The fourth-order valence-corrected chi connectivity index (χ4v) is 2.77. The Balaban J connectivity index is 1.71. The van der Waals surface area contributed by atoms with E-state index >= 15 is 0 Å². The summed E-state index contributed by atoms with van der Waals surface area (Å²) in [6, 6.07) is 12.3. The van der Waals surface area contributed by atoms with Crippen LogP contribution in [0.25, 0.3) is 0 Å². The standard InChI is InChI=1S/C17H14F3NO/c18-17(19,20)14-7-3-6-13(8-14)16(22)21-15-9-11-4-1-2-5-12(11)10-15/h1-8,15H,9-10H2,(H,21,22). The van der Waals surface area contributed by atoms with Crippen molar-refractivity contribution >= 4 is 5.91 Å². The molecule has 2 aromatic carbocycles. The number of halogens is 3. The second-order valence-corrected chi connectivity index (χ2v) is 5.43. The average molecular weight is 305 g/mol. The van der Waals surface area contributed by atoms with Gasteiger partial charge < -0.3 is 5.32 Å². The first kappa shape index (κ1) is 14.6. The molecule has 114 valence electrons. The van der Waals surface area contributed by atoms with E-state index in [1.807, 2.05) is 24.3 Å². The minimum absolute atomic E-state index is 0.0331. The number of hydrogen-bond acceptors (Lipinski definition) is 1. The highest BCUT2D eigenvalue weighted by molar-refractivity contribution is 5.94. The van der Waals surface area contributed by atoms with Crippen LogP contribution in [0.3, 0.4) is 0 Å². The molecule has 2 aromatic rings. The normalized spacial score (nSPS) is 14.7. The molecule has 0 spiro atoms. The molecule has 1 N–H and O–H groups in total. The van der Waals surface area contributed by atoms with E-state index in [1.54, 1.807) is 0 Å². The lowest BCUT2D eigenvalue weighted by molar-refractivity contribution is -0.137. The monoisotopic (exact) mass is 305 g/mol. The van der Waals surface area contributed by atoms with Crippen molar-refractivity contribution in [3.05, 3.63) is 70.8 Å². The highest BCUT2D eigenvalue weighted by Gasteiger charge is 2.31. The largest absolute Gasteiger partial charge is 0.416 e. The lowest BCUT2D eigenvalue weighted by atomic mass is 10.1. The Labute approximate surface area is 126 Å². The zero-order chi connectivity index (χ0) is 15.7. The van der Waals surface area contributed by atoms with Crippen LogP contribution >= 0.6 is 0 Å². The van der Waals surface area contributed by atoms with Crippen LogP contribution in [-0.2, 0) is 19.0 Å². The van der Waals surface area contributed by atoms with E-state index in [-0.39, 0.29) is 11.6 Å². The van der Waals surface area contributed by atoms with Crippen LogP contribution < -0.4 is 5.32 Å².